The first-order chi connectivity index (χ1) is 7.06. The average Bonchev–Trinajstić information content (AvgIpc) is 2.14. The highest BCUT2D eigenvalue weighted by atomic mass is 32.1. The maximum absolute atomic E-state index is 8.56. The van der Waals surface area contributed by atoms with E-state index in [0.29, 0.717) is 4.77 Å². The van der Waals surface area contributed by atoms with Crippen molar-refractivity contribution in [2.45, 2.75) is 26.2 Å². The Morgan fingerprint density at radius 3 is 2.67 bits per heavy atom. The number of rotatable bonds is 3. The van der Waals surface area contributed by atoms with E-state index in [-0.39, 0.29) is 0 Å². The van der Waals surface area contributed by atoms with Crippen LogP contribution in [0.4, 0.5) is 4.79 Å². The first kappa shape index (κ1) is 13.6. The number of aryl methyl sites for hydroxylation is 1. The van der Waals surface area contributed by atoms with Crippen molar-refractivity contribution in [2.24, 2.45) is 0 Å². The van der Waals surface area contributed by atoms with E-state index in [4.69, 9.17) is 27.2 Å². The second kappa shape index (κ2) is 7.93. The molecule has 0 spiro atoms. The lowest BCUT2D eigenvalue weighted by molar-refractivity contribution is 0.137. The van der Waals surface area contributed by atoms with E-state index in [1.165, 1.54) is 18.5 Å². The zero-order valence-corrected chi connectivity index (χ0v) is 9.25. The van der Waals surface area contributed by atoms with Crippen LogP contribution in [0.2, 0.25) is 0 Å². The van der Waals surface area contributed by atoms with Gasteiger partial charge in [-0.05, 0) is 31.1 Å². The molecule has 0 atom stereocenters. The summed E-state index contributed by atoms with van der Waals surface area (Å²) < 4.78 is 0.582. The van der Waals surface area contributed by atoms with Crippen LogP contribution in [0.5, 0.6) is 0 Å². The van der Waals surface area contributed by atoms with Crippen molar-refractivity contribution < 1.29 is 15.0 Å². The van der Waals surface area contributed by atoms with Crippen LogP contribution in [0, 0.1) is 4.77 Å². The molecule has 1 aromatic rings. The summed E-state index contributed by atoms with van der Waals surface area (Å²) in [6, 6.07) is 1.98. The third-order valence-corrected chi connectivity index (χ3v) is 1.74. The number of carbonyl (C=O) groups is 1. The summed E-state index contributed by atoms with van der Waals surface area (Å²) in [4.78, 5) is 15.5. The largest absolute Gasteiger partial charge is 0.503 e. The molecule has 0 aromatic carbocycles. The molecule has 84 valence electrons. The third kappa shape index (κ3) is 8.89. The lowest BCUT2D eigenvalue weighted by atomic mass is 10.2. The summed E-state index contributed by atoms with van der Waals surface area (Å²) in [5.41, 5.74) is 1.19. The van der Waals surface area contributed by atoms with Crippen molar-refractivity contribution in [3.8, 4) is 0 Å². The highest BCUT2D eigenvalue weighted by Gasteiger charge is 1.90. The van der Waals surface area contributed by atoms with Crippen LogP contribution in [0.15, 0.2) is 12.3 Å². The summed E-state index contributed by atoms with van der Waals surface area (Å²) in [5.74, 6) is 0. The van der Waals surface area contributed by atoms with Crippen LogP contribution >= 0.6 is 12.2 Å². The molecule has 3 N–H and O–H groups in total. The number of carboxylic acid groups (broad SMARTS) is 2. The van der Waals surface area contributed by atoms with Crippen molar-refractivity contribution in [1.82, 2.24) is 9.97 Å². The molecule has 6 heteroatoms. The minimum Gasteiger partial charge on any atom is -0.450 e. The summed E-state index contributed by atoms with van der Waals surface area (Å²) in [5, 5.41) is 13.9. The Kier molecular flexibility index (Phi) is 7.17. The zero-order chi connectivity index (χ0) is 11.7. The lowest BCUT2D eigenvalue weighted by Gasteiger charge is -1.97. The Morgan fingerprint density at radius 2 is 2.20 bits per heavy atom. The molecule has 0 aliphatic carbocycles. The summed E-state index contributed by atoms with van der Waals surface area (Å²) in [6.45, 7) is 2.18. The van der Waals surface area contributed by atoms with Gasteiger partial charge in [0.15, 0.2) is 4.77 Å². The monoisotopic (exact) mass is 230 g/mol. The van der Waals surface area contributed by atoms with Gasteiger partial charge in [0.1, 0.15) is 0 Å². The predicted octanol–water partition coefficient (Wildman–Crippen LogP) is 2.70. The zero-order valence-electron chi connectivity index (χ0n) is 8.43. The number of unbranched alkanes of at least 4 members (excludes halogenated alkanes) is 1. The van der Waals surface area contributed by atoms with Gasteiger partial charge in [-0.1, -0.05) is 13.3 Å². The van der Waals surface area contributed by atoms with E-state index >= 15 is 0 Å². The number of nitrogens with one attached hydrogen (secondary N) is 1. The van der Waals surface area contributed by atoms with Crippen LogP contribution in [0.3, 0.4) is 0 Å². The second-order valence-corrected chi connectivity index (χ2v) is 3.17. The minimum atomic E-state index is -1.83. The summed E-state index contributed by atoms with van der Waals surface area (Å²) in [6.07, 6.45) is 3.41. The van der Waals surface area contributed by atoms with E-state index in [0.717, 1.165) is 6.42 Å². The number of aromatic amines is 1. The molecule has 0 aliphatic heterocycles. The molecule has 0 unspecified atom stereocenters. The normalized spacial score (nSPS) is 8.87. The predicted molar refractivity (Wildman–Crippen MR) is 58.7 cm³/mol. The first-order valence-corrected chi connectivity index (χ1v) is 4.93. The van der Waals surface area contributed by atoms with Gasteiger partial charge in [-0.25, -0.2) is 9.78 Å². The quantitative estimate of drug-likeness (QED) is 0.695. The van der Waals surface area contributed by atoms with E-state index in [1.807, 2.05) is 6.07 Å². The van der Waals surface area contributed by atoms with Gasteiger partial charge < -0.3 is 15.2 Å². The lowest BCUT2D eigenvalue weighted by Crippen LogP contribution is -1.90. The molecule has 1 heterocycles. The molecule has 0 saturated carbocycles. The summed E-state index contributed by atoms with van der Waals surface area (Å²) >= 11 is 4.88. The molecule has 0 aliphatic rings. The van der Waals surface area contributed by atoms with Gasteiger partial charge in [-0.15, -0.1) is 0 Å². The van der Waals surface area contributed by atoms with Crippen LogP contribution in [-0.2, 0) is 6.42 Å². The fourth-order valence-corrected chi connectivity index (χ4v) is 1.11. The molecule has 0 fully saturated rings. The van der Waals surface area contributed by atoms with Crippen molar-refractivity contribution >= 4 is 18.4 Å². The standard InChI is InChI=1S/C8H12N2S.CH2O3/c1-2-3-4-7-5-6-9-8(11)10-7;2-1(3)4/h5-6H,2-4H2,1H3,(H,9,10,11);(H2,2,3,4). The van der Waals surface area contributed by atoms with Gasteiger partial charge in [-0.3, -0.25) is 0 Å². The average molecular weight is 230 g/mol. The van der Waals surface area contributed by atoms with E-state index in [1.54, 1.807) is 6.20 Å². The molecular weight excluding hydrogens is 216 g/mol. The van der Waals surface area contributed by atoms with Gasteiger partial charge in [-0.2, -0.15) is 0 Å². The van der Waals surface area contributed by atoms with Crippen LogP contribution in [-0.4, -0.2) is 26.3 Å². The number of hydrogen-bond acceptors (Lipinski definition) is 3. The highest BCUT2D eigenvalue weighted by molar-refractivity contribution is 7.71. The second-order valence-electron chi connectivity index (χ2n) is 2.79. The molecule has 1 rings (SSSR count). The van der Waals surface area contributed by atoms with Gasteiger partial charge in [0, 0.05) is 11.9 Å². The topological polar surface area (TPSA) is 86.2 Å². The Morgan fingerprint density at radius 1 is 1.60 bits per heavy atom. The Labute approximate surface area is 92.8 Å². The fourth-order valence-electron chi connectivity index (χ4n) is 0.919. The Bertz CT molecular complexity index is 347. The number of aromatic nitrogens is 2. The molecule has 0 amide bonds. The minimum absolute atomic E-state index is 0.582. The van der Waals surface area contributed by atoms with Gasteiger partial charge >= 0.3 is 6.16 Å². The third-order valence-electron chi connectivity index (χ3n) is 1.53. The number of H-pyrrole nitrogens is 1. The molecule has 0 saturated heterocycles. The highest BCUT2D eigenvalue weighted by Crippen LogP contribution is 1.99. The molecule has 0 radical (unpaired) electrons. The van der Waals surface area contributed by atoms with Crippen LogP contribution in [0.1, 0.15) is 25.5 Å². The van der Waals surface area contributed by atoms with Crippen molar-refractivity contribution in [1.29, 1.82) is 0 Å². The molecule has 5 nitrogen and oxygen atoms in total. The number of hydrogen-bond donors (Lipinski definition) is 3. The van der Waals surface area contributed by atoms with Gasteiger partial charge in [0.25, 0.3) is 0 Å². The maximum Gasteiger partial charge on any atom is 0.503 e. The SMILES string of the molecule is CCCCc1ccnc(=S)[nH]1.O=C(O)O. The molecule has 1 aromatic heterocycles. The van der Waals surface area contributed by atoms with Gasteiger partial charge in [0.05, 0.1) is 0 Å². The van der Waals surface area contributed by atoms with Crippen LogP contribution < -0.4 is 0 Å². The van der Waals surface area contributed by atoms with Crippen molar-refractivity contribution in [2.75, 3.05) is 0 Å². The molecular formula is C9H14N2O3S. The smallest absolute Gasteiger partial charge is 0.450 e. The van der Waals surface area contributed by atoms with E-state index < -0.39 is 6.16 Å². The van der Waals surface area contributed by atoms with Crippen molar-refractivity contribution in [3.63, 3.8) is 0 Å². The molecule has 0 bridgehead atoms. The van der Waals surface area contributed by atoms with E-state index in [9.17, 15) is 0 Å². The Hall–Kier alpha value is -1.43. The van der Waals surface area contributed by atoms with Crippen LogP contribution in [0.25, 0.3) is 0 Å². The maximum atomic E-state index is 8.56. The molecule has 15 heavy (non-hydrogen) atoms. The van der Waals surface area contributed by atoms with Crippen molar-refractivity contribution in [3.05, 3.63) is 22.7 Å². The van der Waals surface area contributed by atoms with E-state index in [2.05, 4.69) is 16.9 Å². The summed E-state index contributed by atoms with van der Waals surface area (Å²) in [7, 11) is 0. The number of nitrogens with zero attached hydrogens (tertiary/aromatic N) is 1. The fraction of sp³-hybridized carbons (Fsp3) is 0.444. The van der Waals surface area contributed by atoms with Gasteiger partial charge in [0.2, 0.25) is 0 Å². The Balaban J connectivity index is 0.000000423. The first-order valence-electron chi connectivity index (χ1n) is 4.52.